The molecule has 0 saturated carbocycles. The molecule has 0 spiro atoms. The number of rotatable bonds is 5. The zero-order chi connectivity index (χ0) is 10.5. The molecule has 0 bridgehead atoms. The van der Waals surface area contributed by atoms with Crippen LogP contribution in [0.15, 0.2) is 0 Å². The van der Waals surface area contributed by atoms with E-state index in [4.69, 9.17) is 4.74 Å². The molecule has 0 aromatic heterocycles. The van der Waals surface area contributed by atoms with Crippen LogP contribution in [0, 0.1) is 0 Å². The van der Waals surface area contributed by atoms with Crippen LogP contribution >= 0.6 is 0 Å². The first-order valence-electron chi connectivity index (χ1n) is 4.43. The average molecular weight is 188 g/mol. The first-order chi connectivity index (χ1) is 5.93. The molecule has 13 heavy (non-hydrogen) atoms. The smallest absolute Gasteiger partial charge is 0.236 e. The number of methoxy groups -OCH3 is 1. The van der Waals surface area contributed by atoms with Crippen LogP contribution in [0.4, 0.5) is 0 Å². The monoisotopic (exact) mass is 188 g/mol. The van der Waals surface area contributed by atoms with Crippen molar-refractivity contribution in [2.24, 2.45) is 0 Å². The molecular weight excluding hydrogens is 168 g/mol. The molecule has 0 rings (SSSR count). The molecule has 0 radical (unpaired) electrons. The standard InChI is InChI=1S/C9H20N2O2/c1-7(10-4)8(12)11-6-9(2,3)13-5/h7,10H,6H2,1-5H3,(H,11,12). The van der Waals surface area contributed by atoms with Gasteiger partial charge in [0.2, 0.25) is 5.91 Å². The minimum Gasteiger partial charge on any atom is -0.377 e. The number of ether oxygens (including phenoxy) is 1. The van der Waals surface area contributed by atoms with Crippen LogP contribution in [0.3, 0.4) is 0 Å². The summed E-state index contributed by atoms with van der Waals surface area (Å²) < 4.78 is 5.17. The second-order valence-corrected chi connectivity index (χ2v) is 3.69. The van der Waals surface area contributed by atoms with E-state index in [9.17, 15) is 4.79 Å². The van der Waals surface area contributed by atoms with E-state index >= 15 is 0 Å². The van der Waals surface area contributed by atoms with Crippen LogP contribution in [-0.2, 0) is 9.53 Å². The van der Waals surface area contributed by atoms with E-state index in [0.29, 0.717) is 6.54 Å². The number of amides is 1. The van der Waals surface area contributed by atoms with Gasteiger partial charge in [-0.25, -0.2) is 0 Å². The maximum absolute atomic E-state index is 11.3. The highest BCUT2D eigenvalue weighted by Crippen LogP contribution is 2.04. The molecule has 0 aromatic carbocycles. The summed E-state index contributed by atoms with van der Waals surface area (Å²) in [6.45, 7) is 6.19. The van der Waals surface area contributed by atoms with E-state index in [1.54, 1.807) is 14.2 Å². The largest absolute Gasteiger partial charge is 0.377 e. The SMILES string of the molecule is CNC(C)C(=O)NCC(C)(C)OC. The van der Waals surface area contributed by atoms with E-state index in [2.05, 4.69) is 10.6 Å². The molecule has 1 unspecified atom stereocenters. The van der Waals surface area contributed by atoms with Gasteiger partial charge < -0.3 is 15.4 Å². The number of nitrogens with one attached hydrogen (secondary N) is 2. The van der Waals surface area contributed by atoms with Gasteiger partial charge in [-0.15, -0.1) is 0 Å². The van der Waals surface area contributed by atoms with Gasteiger partial charge in [0.15, 0.2) is 0 Å². The van der Waals surface area contributed by atoms with Crippen LogP contribution in [0.1, 0.15) is 20.8 Å². The lowest BCUT2D eigenvalue weighted by Gasteiger charge is -2.24. The second-order valence-electron chi connectivity index (χ2n) is 3.69. The maximum Gasteiger partial charge on any atom is 0.236 e. The van der Waals surface area contributed by atoms with Gasteiger partial charge in [-0.2, -0.15) is 0 Å². The Labute approximate surface area is 80.0 Å². The van der Waals surface area contributed by atoms with E-state index in [-0.39, 0.29) is 17.6 Å². The van der Waals surface area contributed by atoms with Crippen LogP contribution in [-0.4, -0.2) is 38.3 Å². The van der Waals surface area contributed by atoms with Crippen molar-refractivity contribution >= 4 is 5.91 Å². The molecule has 78 valence electrons. The third kappa shape index (κ3) is 4.85. The van der Waals surface area contributed by atoms with Crippen LogP contribution in [0.5, 0.6) is 0 Å². The molecule has 0 aliphatic heterocycles. The molecule has 4 heteroatoms. The highest BCUT2D eigenvalue weighted by molar-refractivity contribution is 5.81. The Morgan fingerprint density at radius 1 is 1.54 bits per heavy atom. The summed E-state index contributed by atoms with van der Waals surface area (Å²) in [4.78, 5) is 11.3. The quantitative estimate of drug-likeness (QED) is 0.645. The first kappa shape index (κ1) is 12.4. The molecule has 0 aromatic rings. The zero-order valence-corrected chi connectivity index (χ0v) is 9.10. The lowest BCUT2D eigenvalue weighted by molar-refractivity contribution is -0.123. The third-order valence-corrected chi connectivity index (χ3v) is 2.07. The van der Waals surface area contributed by atoms with E-state index in [1.807, 2.05) is 20.8 Å². The topological polar surface area (TPSA) is 50.4 Å². The fourth-order valence-corrected chi connectivity index (χ4v) is 0.656. The van der Waals surface area contributed by atoms with Crippen molar-refractivity contribution in [2.75, 3.05) is 20.7 Å². The summed E-state index contributed by atoms with van der Waals surface area (Å²) in [5.41, 5.74) is -0.302. The summed E-state index contributed by atoms with van der Waals surface area (Å²) in [7, 11) is 3.39. The van der Waals surface area contributed by atoms with Crippen molar-refractivity contribution in [3.63, 3.8) is 0 Å². The molecule has 4 nitrogen and oxygen atoms in total. The number of carbonyl (C=O) groups excluding carboxylic acids is 1. The predicted molar refractivity (Wildman–Crippen MR) is 52.6 cm³/mol. The van der Waals surface area contributed by atoms with Crippen molar-refractivity contribution in [3.8, 4) is 0 Å². The molecule has 1 atom stereocenters. The number of hydrogen-bond acceptors (Lipinski definition) is 3. The van der Waals surface area contributed by atoms with Gasteiger partial charge in [0.05, 0.1) is 11.6 Å². The van der Waals surface area contributed by atoms with Gasteiger partial charge in [-0.05, 0) is 27.8 Å². The van der Waals surface area contributed by atoms with Crippen molar-refractivity contribution in [2.45, 2.75) is 32.4 Å². The fraction of sp³-hybridized carbons (Fsp3) is 0.889. The lowest BCUT2D eigenvalue weighted by Crippen LogP contribution is -2.46. The maximum atomic E-state index is 11.3. The normalized spacial score (nSPS) is 13.9. The van der Waals surface area contributed by atoms with E-state index < -0.39 is 0 Å². The second kappa shape index (κ2) is 5.19. The summed E-state index contributed by atoms with van der Waals surface area (Å²) >= 11 is 0. The third-order valence-electron chi connectivity index (χ3n) is 2.07. The number of likely N-dealkylation sites (N-methyl/N-ethyl adjacent to an activating group) is 1. The molecule has 0 saturated heterocycles. The first-order valence-corrected chi connectivity index (χ1v) is 4.43. The molecular formula is C9H20N2O2. The van der Waals surface area contributed by atoms with Crippen LogP contribution in [0.2, 0.25) is 0 Å². The van der Waals surface area contributed by atoms with Crippen molar-refractivity contribution in [1.29, 1.82) is 0 Å². The van der Waals surface area contributed by atoms with Crippen LogP contribution < -0.4 is 10.6 Å². The fourth-order valence-electron chi connectivity index (χ4n) is 0.656. The van der Waals surface area contributed by atoms with Gasteiger partial charge >= 0.3 is 0 Å². The highest BCUT2D eigenvalue weighted by atomic mass is 16.5. The molecule has 0 aliphatic carbocycles. The summed E-state index contributed by atoms with van der Waals surface area (Å²) in [5, 5.41) is 5.66. The van der Waals surface area contributed by atoms with Gasteiger partial charge in [0.25, 0.3) is 0 Å². The Morgan fingerprint density at radius 2 is 2.08 bits per heavy atom. The number of hydrogen-bond donors (Lipinski definition) is 2. The van der Waals surface area contributed by atoms with Crippen molar-refractivity contribution in [1.82, 2.24) is 10.6 Å². The Hall–Kier alpha value is -0.610. The molecule has 0 fully saturated rings. The Kier molecular flexibility index (Phi) is 4.95. The lowest BCUT2D eigenvalue weighted by atomic mass is 10.1. The van der Waals surface area contributed by atoms with E-state index in [0.717, 1.165) is 0 Å². The van der Waals surface area contributed by atoms with Crippen molar-refractivity contribution < 1.29 is 9.53 Å². The van der Waals surface area contributed by atoms with Gasteiger partial charge in [-0.1, -0.05) is 0 Å². The van der Waals surface area contributed by atoms with Gasteiger partial charge in [-0.3, -0.25) is 4.79 Å². The van der Waals surface area contributed by atoms with Crippen molar-refractivity contribution in [3.05, 3.63) is 0 Å². The van der Waals surface area contributed by atoms with Gasteiger partial charge in [0, 0.05) is 13.7 Å². The molecule has 2 N–H and O–H groups in total. The minimum atomic E-state index is -0.302. The minimum absolute atomic E-state index is 0.00683. The zero-order valence-electron chi connectivity index (χ0n) is 9.10. The molecule has 1 amide bonds. The average Bonchev–Trinajstić information content (AvgIpc) is 2.13. The summed E-state index contributed by atoms with van der Waals surface area (Å²) in [6.07, 6.45) is 0. The Bertz CT molecular complexity index is 169. The Morgan fingerprint density at radius 3 is 2.46 bits per heavy atom. The summed E-state index contributed by atoms with van der Waals surface area (Å²) in [5.74, 6) is -0.00683. The predicted octanol–water partition coefficient (Wildman–Crippen LogP) is 0.135. The van der Waals surface area contributed by atoms with Crippen LogP contribution in [0.25, 0.3) is 0 Å². The summed E-state index contributed by atoms with van der Waals surface area (Å²) in [6, 6.07) is -0.160. The number of carbonyl (C=O) groups is 1. The molecule has 0 aliphatic rings. The van der Waals surface area contributed by atoms with Gasteiger partial charge in [0.1, 0.15) is 0 Å². The Balaban J connectivity index is 3.83. The highest BCUT2D eigenvalue weighted by Gasteiger charge is 2.18. The van der Waals surface area contributed by atoms with E-state index in [1.165, 1.54) is 0 Å². The molecule has 0 heterocycles.